The van der Waals surface area contributed by atoms with Crippen LogP contribution in [0.3, 0.4) is 0 Å². The number of hydrogen-bond acceptors (Lipinski definition) is 3. The minimum absolute atomic E-state index is 0. The SMILES string of the molecule is Cl.Cl.Oc1cc(Br)cc(Br)c1[C@H](N1CCNCC1)C(F)(F)F. The molecule has 1 fully saturated rings. The Balaban J connectivity index is 0.00000220. The van der Waals surface area contributed by atoms with Gasteiger partial charge in [0.1, 0.15) is 11.8 Å². The van der Waals surface area contributed by atoms with Crippen molar-refractivity contribution >= 4 is 56.7 Å². The second-order valence-corrected chi connectivity index (χ2v) is 6.32. The van der Waals surface area contributed by atoms with Crippen LogP contribution in [0.25, 0.3) is 0 Å². The molecule has 0 saturated carbocycles. The molecule has 2 N–H and O–H groups in total. The largest absolute Gasteiger partial charge is 0.508 e. The zero-order valence-electron chi connectivity index (χ0n) is 11.2. The highest BCUT2D eigenvalue weighted by Gasteiger charge is 2.47. The van der Waals surface area contributed by atoms with E-state index in [1.807, 2.05) is 0 Å². The van der Waals surface area contributed by atoms with Gasteiger partial charge in [0.2, 0.25) is 0 Å². The zero-order valence-corrected chi connectivity index (χ0v) is 16.0. The number of aromatic hydroxyl groups is 1. The predicted octanol–water partition coefficient (Wildman–Crippen LogP) is 4.27. The fourth-order valence-electron chi connectivity index (χ4n) is 2.34. The summed E-state index contributed by atoms with van der Waals surface area (Å²) in [5.41, 5.74) is -0.136. The van der Waals surface area contributed by atoms with Gasteiger partial charge in [-0.15, -0.1) is 24.8 Å². The van der Waals surface area contributed by atoms with Gasteiger partial charge < -0.3 is 10.4 Å². The molecular weight excluding hydrogens is 476 g/mol. The maximum Gasteiger partial charge on any atom is 0.408 e. The van der Waals surface area contributed by atoms with E-state index in [0.29, 0.717) is 17.6 Å². The number of rotatable bonds is 2. The van der Waals surface area contributed by atoms with Crippen molar-refractivity contribution in [3.63, 3.8) is 0 Å². The molecule has 1 saturated heterocycles. The van der Waals surface area contributed by atoms with Crippen LogP contribution < -0.4 is 5.32 Å². The topological polar surface area (TPSA) is 35.5 Å². The Hall–Kier alpha value is 0.270. The molecule has 3 nitrogen and oxygen atoms in total. The van der Waals surface area contributed by atoms with Crippen molar-refractivity contribution in [1.82, 2.24) is 10.2 Å². The summed E-state index contributed by atoms with van der Waals surface area (Å²) in [6, 6.07) is 0.976. The third-order valence-corrected chi connectivity index (χ3v) is 4.29. The molecule has 1 heterocycles. The van der Waals surface area contributed by atoms with E-state index in [0.717, 1.165) is 0 Å². The van der Waals surface area contributed by atoms with Crippen molar-refractivity contribution in [1.29, 1.82) is 0 Å². The summed E-state index contributed by atoms with van der Waals surface area (Å²) in [4.78, 5) is 1.34. The van der Waals surface area contributed by atoms with Gasteiger partial charge in [0.15, 0.2) is 0 Å². The first kappa shape index (κ1) is 22.3. The normalized spacial score (nSPS) is 17.3. The lowest BCUT2D eigenvalue weighted by Crippen LogP contribution is -2.49. The highest BCUT2D eigenvalue weighted by atomic mass is 79.9. The molecule has 0 spiro atoms. The third kappa shape index (κ3) is 5.14. The van der Waals surface area contributed by atoms with E-state index in [4.69, 9.17) is 0 Å². The van der Waals surface area contributed by atoms with Gasteiger partial charge in [-0.3, -0.25) is 4.90 Å². The Morgan fingerprint density at radius 1 is 1.14 bits per heavy atom. The quantitative estimate of drug-likeness (QED) is 0.650. The maximum atomic E-state index is 13.4. The molecule has 1 aromatic rings. The fourth-order valence-corrected chi connectivity index (χ4v) is 3.75. The molecule has 0 unspecified atom stereocenters. The van der Waals surface area contributed by atoms with Gasteiger partial charge in [-0.05, 0) is 12.1 Å². The first-order valence-corrected chi connectivity index (χ1v) is 7.58. The molecule has 1 atom stereocenters. The van der Waals surface area contributed by atoms with E-state index in [1.165, 1.54) is 17.0 Å². The van der Waals surface area contributed by atoms with Gasteiger partial charge in [-0.1, -0.05) is 31.9 Å². The average Bonchev–Trinajstić information content (AvgIpc) is 2.33. The number of alkyl halides is 3. The molecule has 0 bridgehead atoms. The Bertz CT molecular complexity index is 477. The lowest BCUT2D eigenvalue weighted by Gasteiger charge is -2.36. The average molecular weight is 491 g/mol. The minimum Gasteiger partial charge on any atom is -0.508 e. The third-order valence-electron chi connectivity index (χ3n) is 3.17. The van der Waals surface area contributed by atoms with Gasteiger partial charge in [0, 0.05) is 40.7 Å². The van der Waals surface area contributed by atoms with Gasteiger partial charge >= 0.3 is 6.18 Å². The molecule has 0 radical (unpaired) electrons. The zero-order chi connectivity index (χ0) is 14.9. The van der Waals surface area contributed by atoms with E-state index >= 15 is 0 Å². The maximum absolute atomic E-state index is 13.4. The van der Waals surface area contributed by atoms with Gasteiger partial charge in [-0.25, -0.2) is 0 Å². The number of halogens is 7. The number of nitrogens with zero attached hydrogens (tertiary/aromatic N) is 1. The summed E-state index contributed by atoms with van der Waals surface area (Å²) in [7, 11) is 0. The number of piperazine rings is 1. The Morgan fingerprint density at radius 2 is 1.68 bits per heavy atom. The van der Waals surface area contributed by atoms with E-state index in [1.54, 1.807) is 0 Å². The summed E-state index contributed by atoms with van der Waals surface area (Å²) in [6.45, 7) is 1.57. The van der Waals surface area contributed by atoms with Crippen LogP contribution in [-0.2, 0) is 0 Å². The second-order valence-electron chi connectivity index (χ2n) is 4.55. The van der Waals surface area contributed by atoms with Crippen LogP contribution in [0, 0.1) is 0 Å². The van der Waals surface area contributed by atoms with E-state index < -0.39 is 12.2 Å². The van der Waals surface area contributed by atoms with E-state index in [-0.39, 0.29) is 53.7 Å². The number of phenolic OH excluding ortho intramolecular Hbond substituents is 1. The molecule has 2 rings (SSSR count). The summed E-state index contributed by atoms with van der Waals surface area (Å²) < 4.78 is 41.1. The summed E-state index contributed by atoms with van der Waals surface area (Å²) in [5, 5.41) is 13.0. The molecule has 0 aromatic heterocycles. The summed E-state index contributed by atoms with van der Waals surface area (Å²) in [6.07, 6.45) is -4.45. The van der Waals surface area contributed by atoms with Crippen molar-refractivity contribution < 1.29 is 18.3 Å². The molecule has 1 aromatic carbocycles. The molecule has 1 aliphatic rings. The van der Waals surface area contributed by atoms with Crippen molar-refractivity contribution in [3.05, 3.63) is 26.6 Å². The van der Waals surface area contributed by atoms with Crippen LogP contribution in [0.5, 0.6) is 5.75 Å². The Morgan fingerprint density at radius 3 is 2.14 bits per heavy atom. The van der Waals surface area contributed by atoms with Gasteiger partial charge in [-0.2, -0.15) is 13.2 Å². The minimum atomic E-state index is -4.45. The van der Waals surface area contributed by atoms with Crippen LogP contribution in [0.1, 0.15) is 11.6 Å². The molecule has 10 heteroatoms. The van der Waals surface area contributed by atoms with Crippen molar-refractivity contribution in [2.45, 2.75) is 12.2 Å². The highest BCUT2D eigenvalue weighted by molar-refractivity contribution is 9.11. The fraction of sp³-hybridized carbons (Fsp3) is 0.500. The second kappa shape index (κ2) is 8.94. The first-order valence-electron chi connectivity index (χ1n) is 6.00. The van der Waals surface area contributed by atoms with Crippen LogP contribution in [0.4, 0.5) is 13.2 Å². The molecule has 0 amide bonds. The van der Waals surface area contributed by atoms with Crippen molar-refractivity contribution in [2.24, 2.45) is 0 Å². The summed E-state index contributed by atoms with van der Waals surface area (Å²) in [5.74, 6) is -0.368. The first-order chi connectivity index (χ1) is 9.30. The van der Waals surface area contributed by atoms with Crippen LogP contribution >= 0.6 is 56.7 Å². The molecule has 128 valence electrons. The Kier molecular flexibility index (Phi) is 9.05. The predicted molar refractivity (Wildman–Crippen MR) is 91.2 cm³/mol. The lowest BCUT2D eigenvalue weighted by molar-refractivity contribution is -0.188. The smallest absolute Gasteiger partial charge is 0.408 e. The molecule has 0 aliphatic carbocycles. The standard InChI is InChI=1S/C12H13Br2F3N2O.2ClH/c13-7-5-8(14)10(9(20)6-7)11(12(15,16)17)19-3-1-18-2-4-19;;/h5-6,11,18,20H,1-4H2;2*1H/t11-;;/m0../s1. The van der Waals surface area contributed by atoms with E-state index in [2.05, 4.69) is 37.2 Å². The number of phenols is 1. The van der Waals surface area contributed by atoms with Gasteiger partial charge in [0.05, 0.1) is 0 Å². The highest BCUT2D eigenvalue weighted by Crippen LogP contribution is 2.45. The van der Waals surface area contributed by atoms with Gasteiger partial charge in [0.25, 0.3) is 0 Å². The molecule has 1 aliphatic heterocycles. The number of nitrogens with one attached hydrogen (secondary N) is 1. The number of hydrogen-bond donors (Lipinski definition) is 2. The summed E-state index contributed by atoms with van der Waals surface area (Å²) >= 11 is 6.27. The Labute approximate surface area is 155 Å². The van der Waals surface area contributed by atoms with E-state index in [9.17, 15) is 18.3 Å². The number of benzene rings is 1. The van der Waals surface area contributed by atoms with Crippen molar-refractivity contribution in [2.75, 3.05) is 26.2 Å². The lowest BCUT2D eigenvalue weighted by atomic mass is 10.0. The van der Waals surface area contributed by atoms with Crippen LogP contribution in [0.2, 0.25) is 0 Å². The monoisotopic (exact) mass is 488 g/mol. The molecular formula is C12H15Br2Cl2F3N2O. The van der Waals surface area contributed by atoms with Crippen LogP contribution in [0.15, 0.2) is 21.1 Å². The molecule has 22 heavy (non-hydrogen) atoms. The van der Waals surface area contributed by atoms with Crippen LogP contribution in [-0.4, -0.2) is 42.4 Å². The van der Waals surface area contributed by atoms with Crippen molar-refractivity contribution in [3.8, 4) is 5.75 Å².